The third kappa shape index (κ3) is 3.93. The highest BCUT2D eigenvalue weighted by molar-refractivity contribution is 5.86. The van der Waals surface area contributed by atoms with Crippen molar-refractivity contribution < 1.29 is 24.1 Å². The van der Waals surface area contributed by atoms with Crippen molar-refractivity contribution >= 4 is 10.9 Å². The Labute approximate surface area is 122 Å². The summed E-state index contributed by atoms with van der Waals surface area (Å²) in [6.07, 6.45) is 1.29. The Kier molecular flexibility index (Phi) is 5.53. The van der Waals surface area contributed by atoms with E-state index in [4.69, 9.17) is 18.9 Å². The van der Waals surface area contributed by atoms with Gasteiger partial charge in [-0.15, -0.1) is 0 Å². The molecule has 0 fully saturated rings. The van der Waals surface area contributed by atoms with Crippen LogP contribution in [0.2, 0.25) is 0 Å². The summed E-state index contributed by atoms with van der Waals surface area (Å²) in [6.45, 7) is 1.67. The van der Waals surface area contributed by atoms with Crippen LogP contribution in [0.3, 0.4) is 0 Å². The normalized spacial score (nSPS) is 10.8. The first-order valence-corrected chi connectivity index (χ1v) is 6.47. The minimum atomic E-state index is -0.0972. The molecular weight excluding hydrogens is 276 g/mol. The van der Waals surface area contributed by atoms with E-state index < -0.39 is 0 Å². The number of benzene rings is 1. The second-order valence-corrected chi connectivity index (χ2v) is 4.20. The molecule has 0 aliphatic carbocycles. The Morgan fingerprint density at radius 3 is 2.14 bits per heavy atom. The Balaban J connectivity index is 2.29. The second kappa shape index (κ2) is 7.61. The summed E-state index contributed by atoms with van der Waals surface area (Å²) < 4.78 is 21.1. The average Bonchev–Trinajstić information content (AvgIpc) is 2.49. The van der Waals surface area contributed by atoms with Gasteiger partial charge in [0.25, 0.3) is 0 Å². The van der Waals surface area contributed by atoms with Crippen molar-refractivity contribution in [1.82, 2.24) is 9.97 Å². The van der Waals surface area contributed by atoms with Crippen LogP contribution in [0.1, 0.15) is 0 Å². The molecule has 0 amide bonds. The molecule has 1 aromatic heterocycles. The standard InChI is InChI=1S/C14H18N2O5/c1-18-3-5-20-12-7-10-11(15-9-16-14(10)17)8-13(12)21-6-4-19-2/h7-9H,3-6H2,1-2H3,(H,15,16,17). The van der Waals surface area contributed by atoms with Crippen LogP contribution in [-0.4, -0.2) is 55.7 Å². The molecule has 7 nitrogen and oxygen atoms in total. The van der Waals surface area contributed by atoms with Crippen LogP contribution < -0.4 is 9.47 Å². The van der Waals surface area contributed by atoms with Gasteiger partial charge in [0, 0.05) is 20.3 Å². The van der Waals surface area contributed by atoms with E-state index in [0.29, 0.717) is 48.8 Å². The van der Waals surface area contributed by atoms with Crippen LogP contribution in [0.25, 0.3) is 10.9 Å². The summed E-state index contributed by atoms with van der Waals surface area (Å²) >= 11 is 0. The molecule has 0 unspecified atom stereocenters. The molecule has 0 atom stereocenters. The molecule has 21 heavy (non-hydrogen) atoms. The van der Waals surface area contributed by atoms with Crippen molar-refractivity contribution in [2.45, 2.75) is 0 Å². The number of rotatable bonds is 8. The number of aromatic nitrogens is 2. The minimum absolute atomic E-state index is 0.0972. The van der Waals surface area contributed by atoms with Crippen LogP contribution in [0.5, 0.6) is 17.4 Å². The molecule has 7 heteroatoms. The molecule has 1 heterocycles. The SMILES string of the molecule is COCCOc1cc2ncnc(O)c2cc1OCCOC. The van der Waals surface area contributed by atoms with Gasteiger partial charge in [0.05, 0.1) is 24.1 Å². The van der Waals surface area contributed by atoms with E-state index in [0.717, 1.165) is 0 Å². The average molecular weight is 294 g/mol. The first kappa shape index (κ1) is 15.3. The molecule has 0 bridgehead atoms. The Hall–Kier alpha value is -2.12. The van der Waals surface area contributed by atoms with Crippen LogP contribution in [0.15, 0.2) is 18.5 Å². The quantitative estimate of drug-likeness (QED) is 0.736. The Morgan fingerprint density at radius 2 is 1.52 bits per heavy atom. The molecule has 2 rings (SSSR count). The van der Waals surface area contributed by atoms with Gasteiger partial charge < -0.3 is 24.1 Å². The maximum Gasteiger partial charge on any atom is 0.222 e. The predicted molar refractivity (Wildman–Crippen MR) is 75.9 cm³/mol. The fourth-order valence-electron chi connectivity index (χ4n) is 1.75. The molecule has 1 aromatic carbocycles. The summed E-state index contributed by atoms with van der Waals surface area (Å²) in [7, 11) is 3.20. The molecule has 0 saturated carbocycles. The fourth-order valence-corrected chi connectivity index (χ4v) is 1.75. The lowest BCUT2D eigenvalue weighted by Gasteiger charge is -2.13. The number of fused-ring (bicyclic) bond motifs is 1. The number of nitrogens with zero attached hydrogens (tertiary/aromatic N) is 2. The van der Waals surface area contributed by atoms with Gasteiger partial charge >= 0.3 is 0 Å². The van der Waals surface area contributed by atoms with Crippen molar-refractivity contribution in [3.05, 3.63) is 18.5 Å². The highest BCUT2D eigenvalue weighted by Gasteiger charge is 2.11. The highest BCUT2D eigenvalue weighted by Crippen LogP contribution is 2.34. The molecule has 0 aliphatic rings. The third-order valence-corrected chi connectivity index (χ3v) is 2.77. The molecule has 0 saturated heterocycles. The van der Waals surface area contributed by atoms with Crippen molar-refractivity contribution in [2.24, 2.45) is 0 Å². The molecule has 114 valence electrons. The summed E-state index contributed by atoms with van der Waals surface area (Å²) in [5, 5.41) is 10.3. The lowest BCUT2D eigenvalue weighted by molar-refractivity contribution is 0.132. The maximum atomic E-state index is 9.78. The smallest absolute Gasteiger partial charge is 0.222 e. The lowest BCUT2D eigenvalue weighted by atomic mass is 10.2. The summed E-state index contributed by atoms with van der Waals surface area (Å²) in [6, 6.07) is 3.36. The third-order valence-electron chi connectivity index (χ3n) is 2.77. The summed E-state index contributed by atoms with van der Waals surface area (Å²) in [5.41, 5.74) is 0.578. The van der Waals surface area contributed by atoms with E-state index in [1.165, 1.54) is 6.33 Å². The molecule has 1 N–H and O–H groups in total. The van der Waals surface area contributed by atoms with Crippen molar-refractivity contribution in [3.8, 4) is 17.4 Å². The van der Waals surface area contributed by atoms with Gasteiger partial charge in [-0.2, -0.15) is 0 Å². The van der Waals surface area contributed by atoms with Gasteiger partial charge in [-0.25, -0.2) is 9.97 Å². The molecular formula is C14H18N2O5. The minimum Gasteiger partial charge on any atom is -0.493 e. The second-order valence-electron chi connectivity index (χ2n) is 4.20. The number of hydrogen-bond acceptors (Lipinski definition) is 7. The largest absolute Gasteiger partial charge is 0.493 e. The van der Waals surface area contributed by atoms with Gasteiger partial charge in [-0.1, -0.05) is 0 Å². The Morgan fingerprint density at radius 1 is 0.905 bits per heavy atom. The molecule has 0 aliphatic heterocycles. The molecule has 0 spiro atoms. The van der Waals surface area contributed by atoms with Crippen LogP contribution >= 0.6 is 0 Å². The first-order valence-electron chi connectivity index (χ1n) is 6.47. The van der Waals surface area contributed by atoms with E-state index in [9.17, 15) is 5.11 Å². The van der Waals surface area contributed by atoms with Crippen molar-refractivity contribution in [3.63, 3.8) is 0 Å². The van der Waals surface area contributed by atoms with E-state index >= 15 is 0 Å². The predicted octanol–water partition coefficient (Wildman–Crippen LogP) is 1.39. The number of hydrogen-bond donors (Lipinski definition) is 1. The maximum absolute atomic E-state index is 9.78. The van der Waals surface area contributed by atoms with E-state index in [1.807, 2.05) is 0 Å². The first-order chi connectivity index (χ1) is 10.3. The zero-order valence-corrected chi connectivity index (χ0v) is 12.0. The monoisotopic (exact) mass is 294 g/mol. The fraction of sp³-hybridized carbons (Fsp3) is 0.429. The van der Waals surface area contributed by atoms with Crippen LogP contribution in [0.4, 0.5) is 0 Å². The van der Waals surface area contributed by atoms with Crippen molar-refractivity contribution in [1.29, 1.82) is 0 Å². The van der Waals surface area contributed by atoms with Crippen LogP contribution in [-0.2, 0) is 9.47 Å². The summed E-state index contributed by atoms with van der Waals surface area (Å²) in [5.74, 6) is 0.939. The van der Waals surface area contributed by atoms with Gasteiger partial charge in [0.2, 0.25) is 5.88 Å². The summed E-state index contributed by atoms with van der Waals surface area (Å²) in [4.78, 5) is 7.86. The van der Waals surface area contributed by atoms with Gasteiger partial charge in [0.1, 0.15) is 19.5 Å². The van der Waals surface area contributed by atoms with Crippen molar-refractivity contribution in [2.75, 3.05) is 40.6 Å². The zero-order chi connectivity index (χ0) is 15.1. The van der Waals surface area contributed by atoms with Gasteiger partial charge in [-0.05, 0) is 6.07 Å². The van der Waals surface area contributed by atoms with Gasteiger partial charge in [-0.3, -0.25) is 0 Å². The van der Waals surface area contributed by atoms with E-state index in [-0.39, 0.29) is 5.88 Å². The Bertz CT molecular complexity index is 591. The number of methoxy groups -OCH3 is 2. The molecule has 0 radical (unpaired) electrons. The van der Waals surface area contributed by atoms with E-state index in [2.05, 4.69) is 9.97 Å². The van der Waals surface area contributed by atoms with E-state index in [1.54, 1.807) is 26.4 Å². The number of ether oxygens (including phenoxy) is 4. The lowest BCUT2D eigenvalue weighted by Crippen LogP contribution is -2.08. The molecule has 2 aromatic rings. The highest BCUT2D eigenvalue weighted by atomic mass is 16.5. The zero-order valence-electron chi connectivity index (χ0n) is 12.0. The van der Waals surface area contributed by atoms with Crippen LogP contribution in [0, 0.1) is 0 Å². The van der Waals surface area contributed by atoms with Gasteiger partial charge in [0.15, 0.2) is 11.5 Å². The topological polar surface area (TPSA) is 82.9 Å². The number of aromatic hydroxyl groups is 1.